The largest absolute Gasteiger partial charge is 0.397 e. The van der Waals surface area contributed by atoms with Crippen LogP contribution in [0.3, 0.4) is 0 Å². The summed E-state index contributed by atoms with van der Waals surface area (Å²) in [4.78, 5) is 6.49. The summed E-state index contributed by atoms with van der Waals surface area (Å²) >= 11 is 0. The third kappa shape index (κ3) is 2.39. The monoisotopic (exact) mass is 246 g/mol. The van der Waals surface area contributed by atoms with Crippen LogP contribution in [0.15, 0.2) is 12.3 Å². The van der Waals surface area contributed by atoms with Gasteiger partial charge < -0.3 is 15.4 Å². The van der Waals surface area contributed by atoms with Gasteiger partial charge in [-0.05, 0) is 19.4 Å². The van der Waals surface area contributed by atoms with Crippen molar-refractivity contribution in [1.29, 1.82) is 5.26 Å². The van der Waals surface area contributed by atoms with Crippen molar-refractivity contribution in [3.05, 3.63) is 17.8 Å². The molecule has 0 aromatic carbocycles. The summed E-state index contributed by atoms with van der Waals surface area (Å²) in [6.45, 7) is 5.57. The predicted octanol–water partition coefficient (Wildman–Crippen LogP) is 1.54. The number of ether oxygens (including phenoxy) is 1. The van der Waals surface area contributed by atoms with E-state index in [4.69, 9.17) is 10.5 Å². The van der Waals surface area contributed by atoms with Crippen molar-refractivity contribution < 1.29 is 4.74 Å². The molecule has 0 spiro atoms. The molecule has 18 heavy (non-hydrogen) atoms. The van der Waals surface area contributed by atoms with Gasteiger partial charge in [-0.3, -0.25) is 0 Å². The first-order valence-corrected chi connectivity index (χ1v) is 6.19. The van der Waals surface area contributed by atoms with Crippen LogP contribution in [-0.2, 0) is 4.74 Å². The Morgan fingerprint density at radius 3 is 3.11 bits per heavy atom. The molecule has 1 aliphatic rings. The second kappa shape index (κ2) is 5.23. The Kier molecular flexibility index (Phi) is 3.68. The summed E-state index contributed by atoms with van der Waals surface area (Å²) < 4.78 is 5.65. The van der Waals surface area contributed by atoms with E-state index in [0.29, 0.717) is 23.7 Å². The minimum absolute atomic E-state index is 0.152. The number of hydrogen-bond acceptors (Lipinski definition) is 5. The lowest BCUT2D eigenvalue weighted by molar-refractivity contribution is 0.0296. The van der Waals surface area contributed by atoms with Crippen LogP contribution in [0.1, 0.15) is 25.8 Å². The summed E-state index contributed by atoms with van der Waals surface area (Å²) in [7, 11) is 0. The second-order valence-electron chi connectivity index (χ2n) is 4.61. The van der Waals surface area contributed by atoms with Crippen molar-refractivity contribution in [3.8, 4) is 6.07 Å². The number of rotatable bonds is 2. The highest BCUT2D eigenvalue weighted by Crippen LogP contribution is 2.25. The quantitative estimate of drug-likeness (QED) is 0.856. The number of pyridine rings is 1. The van der Waals surface area contributed by atoms with E-state index in [1.807, 2.05) is 6.92 Å². The number of nitrogen functional groups attached to an aromatic ring is 1. The normalized spacial score (nSPS) is 23.7. The van der Waals surface area contributed by atoms with Gasteiger partial charge in [-0.25, -0.2) is 4.98 Å². The fourth-order valence-electron chi connectivity index (χ4n) is 2.23. The molecule has 1 aromatic heterocycles. The van der Waals surface area contributed by atoms with Crippen molar-refractivity contribution in [2.24, 2.45) is 0 Å². The molecule has 0 bridgehead atoms. The van der Waals surface area contributed by atoms with Gasteiger partial charge in [-0.1, -0.05) is 6.92 Å². The number of nitrogens with two attached hydrogens (primary N) is 1. The number of anilines is 2. The van der Waals surface area contributed by atoms with Crippen molar-refractivity contribution >= 4 is 11.5 Å². The molecule has 5 nitrogen and oxygen atoms in total. The summed E-state index contributed by atoms with van der Waals surface area (Å²) in [6, 6.07) is 4.11. The molecule has 1 aromatic rings. The molecule has 5 heteroatoms. The molecule has 1 aliphatic heterocycles. The Labute approximate surface area is 107 Å². The summed E-state index contributed by atoms with van der Waals surface area (Å²) in [5, 5.41) is 9.19. The maximum absolute atomic E-state index is 9.19. The Morgan fingerprint density at radius 2 is 2.44 bits per heavy atom. The molecule has 2 unspecified atom stereocenters. The highest BCUT2D eigenvalue weighted by molar-refractivity contribution is 5.59. The molecule has 2 N–H and O–H groups in total. The van der Waals surface area contributed by atoms with E-state index in [1.54, 1.807) is 12.3 Å². The average Bonchev–Trinajstić information content (AvgIpc) is 2.38. The van der Waals surface area contributed by atoms with E-state index in [9.17, 15) is 5.26 Å². The minimum atomic E-state index is 0.152. The van der Waals surface area contributed by atoms with Gasteiger partial charge in [0, 0.05) is 6.54 Å². The highest BCUT2D eigenvalue weighted by Gasteiger charge is 2.28. The van der Waals surface area contributed by atoms with E-state index in [1.165, 1.54) is 0 Å². The van der Waals surface area contributed by atoms with Crippen molar-refractivity contribution in [1.82, 2.24) is 4.98 Å². The fraction of sp³-hybridized carbons (Fsp3) is 0.538. The van der Waals surface area contributed by atoms with Crippen molar-refractivity contribution in [3.63, 3.8) is 0 Å². The number of aromatic nitrogens is 1. The molecule has 2 rings (SSSR count). The lowest BCUT2D eigenvalue weighted by Gasteiger charge is -2.39. The molecule has 0 saturated carbocycles. The third-order valence-corrected chi connectivity index (χ3v) is 3.22. The van der Waals surface area contributed by atoms with Crippen LogP contribution in [0.2, 0.25) is 0 Å². The van der Waals surface area contributed by atoms with Gasteiger partial charge >= 0.3 is 0 Å². The predicted molar refractivity (Wildman–Crippen MR) is 70.2 cm³/mol. The van der Waals surface area contributed by atoms with Gasteiger partial charge in [-0.15, -0.1) is 0 Å². The topological polar surface area (TPSA) is 75.2 Å². The van der Waals surface area contributed by atoms with Crippen LogP contribution in [0.4, 0.5) is 11.5 Å². The molecule has 1 saturated heterocycles. The number of nitrogens with zero attached hydrogens (tertiary/aromatic N) is 3. The Balaban J connectivity index is 2.36. The second-order valence-corrected chi connectivity index (χ2v) is 4.61. The smallest absolute Gasteiger partial charge is 0.147 e. The van der Waals surface area contributed by atoms with Crippen LogP contribution >= 0.6 is 0 Å². The van der Waals surface area contributed by atoms with Gasteiger partial charge in [0.15, 0.2) is 0 Å². The maximum atomic E-state index is 9.19. The lowest BCUT2D eigenvalue weighted by atomic mass is 10.1. The van der Waals surface area contributed by atoms with Gasteiger partial charge in [0.05, 0.1) is 36.2 Å². The Bertz CT molecular complexity index is 469. The number of morpholine rings is 1. The molecule has 0 amide bonds. The number of hydrogen-bond donors (Lipinski definition) is 1. The minimum Gasteiger partial charge on any atom is -0.397 e. The first kappa shape index (κ1) is 12.7. The summed E-state index contributed by atoms with van der Waals surface area (Å²) in [6.07, 6.45) is 2.71. The first-order valence-electron chi connectivity index (χ1n) is 6.19. The van der Waals surface area contributed by atoms with Crippen LogP contribution in [0.25, 0.3) is 0 Å². The molecule has 2 heterocycles. The van der Waals surface area contributed by atoms with Crippen LogP contribution in [0.5, 0.6) is 0 Å². The first-order chi connectivity index (χ1) is 8.65. The van der Waals surface area contributed by atoms with E-state index in [0.717, 1.165) is 13.0 Å². The zero-order valence-corrected chi connectivity index (χ0v) is 10.8. The maximum Gasteiger partial charge on any atom is 0.147 e. The summed E-state index contributed by atoms with van der Waals surface area (Å²) in [5.74, 6) is 0.716. The number of nitriles is 1. The standard InChI is InChI=1S/C13H18N4O/c1-3-12-8-18-9(2)7-17(12)13-10(5-14)4-11(15)6-16-13/h4,6,9,12H,3,7-8,15H2,1-2H3. The van der Waals surface area contributed by atoms with E-state index in [-0.39, 0.29) is 12.1 Å². The fourth-order valence-corrected chi connectivity index (χ4v) is 2.23. The molecule has 2 atom stereocenters. The molecular weight excluding hydrogens is 228 g/mol. The molecule has 0 radical (unpaired) electrons. The molecule has 0 aliphatic carbocycles. The van der Waals surface area contributed by atoms with E-state index < -0.39 is 0 Å². The zero-order chi connectivity index (χ0) is 13.1. The molecule has 1 fully saturated rings. The zero-order valence-electron chi connectivity index (χ0n) is 10.8. The third-order valence-electron chi connectivity index (χ3n) is 3.22. The van der Waals surface area contributed by atoms with Crippen LogP contribution in [0, 0.1) is 11.3 Å². The van der Waals surface area contributed by atoms with Crippen LogP contribution < -0.4 is 10.6 Å². The van der Waals surface area contributed by atoms with Crippen molar-refractivity contribution in [2.75, 3.05) is 23.8 Å². The summed E-state index contributed by atoms with van der Waals surface area (Å²) in [5.41, 5.74) is 6.72. The Hall–Kier alpha value is -1.80. The average molecular weight is 246 g/mol. The lowest BCUT2D eigenvalue weighted by Crippen LogP contribution is -2.49. The van der Waals surface area contributed by atoms with Gasteiger partial charge in [0.2, 0.25) is 0 Å². The molecular formula is C13H18N4O. The highest BCUT2D eigenvalue weighted by atomic mass is 16.5. The molecule has 96 valence electrons. The Morgan fingerprint density at radius 1 is 1.67 bits per heavy atom. The van der Waals surface area contributed by atoms with Gasteiger partial charge in [-0.2, -0.15) is 5.26 Å². The van der Waals surface area contributed by atoms with E-state index in [2.05, 4.69) is 22.9 Å². The SMILES string of the molecule is CCC1COC(C)CN1c1ncc(N)cc1C#N. The van der Waals surface area contributed by atoms with E-state index >= 15 is 0 Å². The van der Waals surface area contributed by atoms with Crippen molar-refractivity contribution in [2.45, 2.75) is 32.4 Å². The van der Waals surface area contributed by atoms with Gasteiger partial charge in [0.25, 0.3) is 0 Å². The van der Waals surface area contributed by atoms with Gasteiger partial charge in [0.1, 0.15) is 11.9 Å². The van der Waals surface area contributed by atoms with Crippen LogP contribution in [-0.4, -0.2) is 30.3 Å².